The number of hydrogen-bond donors (Lipinski definition) is 1. The Kier molecular flexibility index (Phi) is 9.21. The summed E-state index contributed by atoms with van der Waals surface area (Å²) < 4.78 is 17.3. The molecule has 0 saturated heterocycles. The second kappa shape index (κ2) is 12.2. The number of aryl methyl sites for hydroxylation is 1. The lowest BCUT2D eigenvalue weighted by molar-refractivity contribution is 0.0461. The van der Waals surface area contributed by atoms with E-state index in [9.17, 15) is 9.59 Å². The van der Waals surface area contributed by atoms with Gasteiger partial charge in [-0.1, -0.05) is 24.3 Å². The fraction of sp³-hybridized carbons (Fsp3) is 0.375. The van der Waals surface area contributed by atoms with E-state index in [0.29, 0.717) is 25.2 Å². The number of rotatable bonds is 10. The first-order valence-electron chi connectivity index (χ1n) is 12.9. The van der Waals surface area contributed by atoms with Crippen LogP contribution in [0.4, 0.5) is 4.79 Å². The Morgan fingerprint density at radius 1 is 0.868 bits per heavy atom. The maximum atomic E-state index is 12.1. The van der Waals surface area contributed by atoms with Crippen LogP contribution in [-0.2, 0) is 11.3 Å². The number of carbonyl (C=O) groups excluding carboxylic acids is 2. The lowest BCUT2D eigenvalue weighted by Crippen LogP contribution is -2.46. The summed E-state index contributed by atoms with van der Waals surface area (Å²) >= 11 is 0. The number of benzene rings is 3. The molecule has 0 unspecified atom stereocenters. The van der Waals surface area contributed by atoms with Gasteiger partial charge in [-0.25, -0.2) is 4.79 Å². The maximum absolute atomic E-state index is 12.1. The molecule has 0 aliphatic rings. The van der Waals surface area contributed by atoms with Crippen molar-refractivity contribution in [3.05, 3.63) is 82.9 Å². The number of carbonyl (C=O) groups is 2. The summed E-state index contributed by atoms with van der Waals surface area (Å²) in [6, 6.07) is 19.4. The highest BCUT2D eigenvalue weighted by Gasteiger charge is 2.24. The molecule has 0 aliphatic heterocycles. The van der Waals surface area contributed by atoms with Crippen molar-refractivity contribution in [3.63, 3.8) is 0 Å². The van der Waals surface area contributed by atoms with Crippen LogP contribution in [0.1, 0.15) is 68.1 Å². The second-order valence-corrected chi connectivity index (χ2v) is 11.2. The molecule has 0 radical (unpaired) electrons. The molecule has 6 heteroatoms. The number of alkyl carbamates (subject to hydrolysis) is 1. The van der Waals surface area contributed by atoms with Crippen LogP contribution in [0.25, 0.3) is 11.1 Å². The lowest BCUT2D eigenvalue weighted by atomic mass is 9.93. The van der Waals surface area contributed by atoms with E-state index in [4.69, 9.17) is 14.2 Å². The van der Waals surface area contributed by atoms with Crippen LogP contribution >= 0.6 is 0 Å². The highest BCUT2D eigenvalue weighted by atomic mass is 16.6. The van der Waals surface area contributed by atoms with Crippen LogP contribution in [-0.4, -0.2) is 30.1 Å². The number of amides is 1. The summed E-state index contributed by atoms with van der Waals surface area (Å²) in [6.45, 7) is 14.5. The Hall–Kier alpha value is -3.80. The summed E-state index contributed by atoms with van der Waals surface area (Å²) in [4.78, 5) is 23.0. The maximum Gasteiger partial charge on any atom is 0.408 e. The molecule has 1 N–H and O–H groups in total. The standard InChI is InChI=1S/C32H39NO5/c1-22-19-27(36-18-17-32(6,7)33-30(35)38-31(3,4)5)15-16-28(22)29-10-8-9-25(23(29)2)21-37-26-13-11-24(20-34)12-14-26/h8-16,19-20H,17-18,21H2,1-7H3,(H,33,35). The van der Waals surface area contributed by atoms with Crippen LogP contribution in [0.15, 0.2) is 60.7 Å². The Morgan fingerprint density at radius 3 is 2.18 bits per heavy atom. The lowest BCUT2D eigenvalue weighted by Gasteiger charge is -2.28. The van der Waals surface area contributed by atoms with Gasteiger partial charge in [0.15, 0.2) is 0 Å². The molecule has 0 bridgehead atoms. The van der Waals surface area contributed by atoms with Crippen LogP contribution in [0.2, 0.25) is 0 Å². The predicted octanol–water partition coefficient (Wildman–Crippen LogP) is 7.43. The van der Waals surface area contributed by atoms with Gasteiger partial charge in [-0.05, 0) is 113 Å². The van der Waals surface area contributed by atoms with Crippen molar-refractivity contribution in [3.8, 4) is 22.6 Å². The van der Waals surface area contributed by atoms with Crippen molar-refractivity contribution in [2.24, 2.45) is 0 Å². The molecule has 3 rings (SSSR count). The van der Waals surface area contributed by atoms with Crippen molar-refractivity contribution in [2.45, 2.75) is 72.6 Å². The Morgan fingerprint density at radius 2 is 1.55 bits per heavy atom. The van der Waals surface area contributed by atoms with Gasteiger partial charge in [0.2, 0.25) is 0 Å². The Labute approximate surface area is 226 Å². The highest BCUT2D eigenvalue weighted by molar-refractivity contribution is 5.75. The number of ether oxygens (including phenoxy) is 3. The average molecular weight is 518 g/mol. The zero-order valence-electron chi connectivity index (χ0n) is 23.5. The molecule has 3 aromatic rings. The summed E-state index contributed by atoms with van der Waals surface area (Å²) in [5.41, 5.74) is 5.27. The van der Waals surface area contributed by atoms with Gasteiger partial charge in [-0.3, -0.25) is 4.79 Å². The molecule has 0 heterocycles. The van der Waals surface area contributed by atoms with Gasteiger partial charge in [0.05, 0.1) is 6.61 Å². The first-order valence-corrected chi connectivity index (χ1v) is 12.9. The van der Waals surface area contributed by atoms with Crippen molar-refractivity contribution >= 4 is 12.4 Å². The largest absolute Gasteiger partial charge is 0.493 e. The monoisotopic (exact) mass is 517 g/mol. The first kappa shape index (κ1) is 28.8. The van der Waals surface area contributed by atoms with E-state index >= 15 is 0 Å². The molecule has 0 atom stereocenters. The van der Waals surface area contributed by atoms with E-state index < -0.39 is 17.2 Å². The fourth-order valence-corrected chi connectivity index (χ4v) is 4.03. The smallest absolute Gasteiger partial charge is 0.408 e. The minimum atomic E-state index is -0.537. The minimum Gasteiger partial charge on any atom is -0.493 e. The summed E-state index contributed by atoms with van der Waals surface area (Å²) in [7, 11) is 0. The Bertz CT molecular complexity index is 1260. The van der Waals surface area contributed by atoms with E-state index in [-0.39, 0.29) is 0 Å². The van der Waals surface area contributed by atoms with Crippen molar-refractivity contribution in [1.29, 1.82) is 0 Å². The van der Waals surface area contributed by atoms with Gasteiger partial charge < -0.3 is 19.5 Å². The molecule has 0 aliphatic carbocycles. The predicted molar refractivity (Wildman–Crippen MR) is 151 cm³/mol. The third-order valence-corrected chi connectivity index (χ3v) is 6.18. The minimum absolute atomic E-state index is 0.429. The second-order valence-electron chi connectivity index (χ2n) is 11.2. The highest BCUT2D eigenvalue weighted by Crippen LogP contribution is 2.31. The van der Waals surface area contributed by atoms with E-state index in [2.05, 4.69) is 37.4 Å². The van der Waals surface area contributed by atoms with Crippen molar-refractivity contribution in [2.75, 3.05) is 6.61 Å². The van der Waals surface area contributed by atoms with E-state index in [1.165, 1.54) is 0 Å². The number of hydrogen-bond acceptors (Lipinski definition) is 5. The third-order valence-electron chi connectivity index (χ3n) is 6.18. The quantitative estimate of drug-likeness (QED) is 0.283. The molecule has 3 aromatic carbocycles. The molecular formula is C32H39NO5. The van der Waals surface area contributed by atoms with Crippen LogP contribution < -0.4 is 14.8 Å². The molecule has 6 nitrogen and oxygen atoms in total. The summed E-state index contributed by atoms with van der Waals surface area (Å²) in [5.74, 6) is 1.51. The SMILES string of the molecule is Cc1cc(OCCC(C)(C)NC(=O)OC(C)(C)C)ccc1-c1cccc(COc2ccc(C=O)cc2)c1C. The number of nitrogens with one attached hydrogen (secondary N) is 1. The van der Waals surface area contributed by atoms with E-state index in [1.54, 1.807) is 24.3 Å². The number of aldehydes is 1. The van der Waals surface area contributed by atoms with E-state index in [1.807, 2.05) is 52.8 Å². The van der Waals surface area contributed by atoms with Gasteiger partial charge in [0, 0.05) is 17.5 Å². The zero-order valence-corrected chi connectivity index (χ0v) is 23.5. The topological polar surface area (TPSA) is 73.9 Å². The van der Waals surface area contributed by atoms with E-state index in [0.717, 1.165) is 45.6 Å². The van der Waals surface area contributed by atoms with Crippen LogP contribution in [0.5, 0.6) is 11.5 Å². The molecule has 38 heavy (non-hydrogen) atoms. The first-order chi connectivity index (χ1) is 17.9. The summed E-state index contributed by atoms with van der Waals surface area (Å²) in [5, 5.41) is 2.91. The molecule has 1 amide bonds. The van der Waals surface area contributed by atoms with Gasteiger partial charge >= 0.3 is 6.09 Å². The normalized spacial score (nSPS) is 11.6. The average Bonchev–Trinajstić information content (AvgIpc) is 2.82. The Balaban J connectivity index is 1.62. The summed E-state index contributed by atoms with van der Waals surface area (Å²) in [6.07, 6.45) is 1.02. The van der Waals surface area contributed by atoms with Crippen LogP contribution in [0, 0.1) is 13.8 Å². The van der Waals surface area contributed by atoms with Gasteiger partial charge in [0.25, 0.3) is 0 Å². The van der Waals surface area contributed by atoms with Gasteiger partial charge in [0.1, 0.15) is 30.0 Å². The fourth-order valence-electron chi connectivity index (χ4n) is 4.03. The van der Waals surface area contributed by atoms with Crippen LogP contribution in [0.3, 0.4) is 0 Å². The molecular weight excluding hydrogens is 478 g/mol. The van der Waals surface area contributed by atoms with Crippen molar-refractivity contribution in [1.82, 2.24) is 5.32 Å². The molecule has 202 valence electrons. The molecule has 0 aromatic heterocycles. The third kappa shape index (κ3) is 8.37. The van der Waals surface area contributed by atoms with Gasteiger partial charge in [-0.2, -0.15) is 0 Å². The zero-order chi connectivity index (χ0) is 27.9. The molecule has 0 saturated carbocycles. The molecule has 0 fully saturated rings. The van der Waals surface area contributed by atoms with Crippen molar-refractivity contribution < 1.29 is 23.8 Å². The molecule has 0 spiro atoms. The van der Waals surface area contributed by atoms with Gasteiger partial charge in [-0.15, -0.1) is 0 Å².